The van der Waals surface area contributed by atoms with E-state index in [-0.39, 0.29) is 23.6 Å². The number of halogens is 1. The van der Waals surface area contributed by atoms with Gasteiger partial charge in [-0.1, -0.05) is 18.9 Å². The molecule has 2 fully saturated rings. The van der Waals surface area contributed by atoms with Crippen LogP contribution in [0, 0.1) is 28.8 Å². The van der Waals surface area contributed by atoms with Gasteiger partial charge in [0.15, 0.2) is 0 Å². The standard InChI is InChI=1S/C25H30FN5O4/c1-15-20(9-6-10-22(15)31(34)35)28-25(33)29(3)16(2)23-27-21-8-5-4-7-19(21)24(32)30(23)18-13-11-17(26)12-14-18/h6,9-14,16,19,21,23,27H,4-5,7-8H2,1-3H3,(H,28,33). The maximum absolute atomic E-state index is 13.6. The summed E-state index contributed by atoms with van der Waals surface area (Å²) in [6, 6.07) is 9.38. The van der Waals surface area contributed by atoms with E-state index in [0.717, 1.165) is 25.7 Å². The van der Waals surface area contributed by atoms with Gasteiger partial charge in [0.05, 0.1) is 28.1 Å². The van der Waals surface area contributed by atoms with Gasteiger partial charge in [-0.15, -0.1) is 0 Å². The minimum Gasteiger partial charge on any atom is -0.321 e. The highest BCUT2D eigenvalue weighted by molar-refractivity contribution is 5.97. The first-order valence-electron chi connectivity index (χ1n) is 11.8. The monoisotopic (exact) mass is 483 g/mol. The molecule has 2 aromatic carbocycles. The number of nitro groups is 1. The minimum absolute atomic E-state index is 0.0101. The van der Waals surface area contributed by atoms with E-state index in [1.165, 1.54) is 29.2 Å². The summed E-state index contributed by atoms with van der Waals surface area (Å²) in [6.45, 7) is 3.42. The van der Waals surface area contributed by atoms with Crippen molar-refractivity contribution in [3.05, 3.63) is 64.0 Å². The Hall–Kier alpha value is -3.53. The SMILES string of the molecule is Cc1c(NC(=O)N(C)C(C)C2NC3CCCCC3C(=O)N2c2ccc(F)cc2)cccc1[N+](=O)[O-]. The number of carbonyl (C=O) groups excluding carboxylic acids is 2. The molecule has 0 bridgehead atoms. The summed E-state index contributed by atoms with van der Waals surface area (Å²) in [4.78, 5) is 40.6. The van der Waals surface area contributed by atoms with Gasteiger partial charge in [-0.05, 0) is 57.0 Å². The summed E-state index contributed by atoms with van der Waals surface area (Å²) < 4.78 is 13.6. The molecule has 1 heterocycles. The lowest BCUT2D eigenvalue weighted by Crippen LogP contribution is -2.69. The van der Waals surface area contributed by atoms with Gasteiger partial charge < -0.3 is 10.2 Å². The van der Waals surface area contributed by atoms with Crippen LogP contribution in [0.3, 0.4) is 0 Å². The molecule has 1 aliphatic carbocycles. The predicted octanol–water partition coefficient (Wildman–Crippen LogP) is 4.42. The molecule has 186 valence electrons. The van der Waals surface area contributed by atoms with Crippen LogP contribution in [0.25, 0.3) is 0 Å². The van der Waals surface area contributed by atoms with E-state index >= 15 is 0 Å². The summed E-state index contributed by atoms with van der Waals surface area (Å²) in [5.74, 6) is -0.584. The summed E-state index contributed by atoms with van der Waals surface area (Å²) in [5.41, 5.74) is 1.19. The summed E-state index contributed by atoms with van der Waals surface area (Å²) in [5, 5.41) is 17.6. The van der Waals surface area contributed by atoms with Crippen molar-refractivity contribution in [3.63, 3.8) is 0 Å². The molecule has 2 aliphatic rings. The quantitative estimate of drug-likeness (QED) is 0.484. The molecule has 4 unspecified atom stereocenters. The molecule has 2 aromatic rings. The fourth-order valence-electron chi connectivity index (χ4n) is 5.04. The van der Waals surface area contributed by atoms with E-state index in [9.17, 15) is 24.1 Å². The Bertz CT molecular complexity index is 1130. The van der Waals surface area contributed by atoms with Crippen LogP contribution >= 0.6 is 0 Å². The maximum atomic E-state index is 13.6. The molecule has 0 spiro atoms. The van der Waals surface area contributed by atoms with Crippen LogP contribution in [0.1, 0.15) is 38.2 Å². The lowest BCUT2D eigenvalue weighted by molar-refractivity contribution is -0.385. The third kappa shape index (κ3) is 4.84. The highest BCUT2D eigenvalue weighted by Crippen LogP contribution is 2.34. The van der Waals surface area contributed by atoms with E-state index in [2.05, 4.69) is 10.6 Å². The Labute approximate surface area is 203 Å². The molecule has 1 saturated heterocycles. The number of rotatable bonds is 5. The van der Waals surface area contributed by atoms with Crippen molar-refractivity contribution < 1.29 is 18.9 Å². The Morgan fingerprint density at radius 3 is 2.60 bits per heavy atom. The molecule has 9 nitrogen and oxygen atoms in total. The number of fused-ring (bicyclic) bond motifs is 1. The summed E-state index contributed by atoms with van der Waals surface area (Å²) in [6.07, 6.45) is 3.14. The maximum Gasteiger partial charge on any atom is 0.321 e. The lowest BCUT2D eigenvalue weighted by atomic mass is 9.81. The average Bonchev–Trinajstić information content (AvgIpc) is 2.85. The Balaban J connectivity index is 1.59. The van der Waals surface area contributed by atoms with Crippen molar-refractivity contribution in [1.82, 2.24) is 10.2 Å². The van der Waals surface area contributed by atoms with Crippen molar-refractivity contribution >= 4 is 29.0 Å². The van der Waals surface area contributed by atoms with Gasteiger partial charge in [-0.3, -0.25) is 25.1 Å². The van der Waals surface area contributed by atoms with Gasteiger partial charge >= 0.3 is 6.03 Å². The fourth-order valence-corrected chi connectivity index (χ4v) is 5.04. The van der Waals surface area contributed by atoms with E-state index in [1.807, 2.05) is 6.92 Å². The molecule has 4 rings (SSSR count). The van der Waals surface area contributed by atoms with Gasteiger partial charge in [0.1, 0.15) is 12.0 Å². The van der Waals surface area contributed by atoms with Crippen LogP contribution in [0.15, 0.2) is 42.5 Å². The Morgan fingerprint density at radius 1 is 1.23 bits per heavy atom. The fraction of sp³-hybridized carbons (Fsp3) is 0.440. The molecule has 35 heavy (non-hydrogen) atoms. The number of carbonyl (C=O) groups is 2. The number of hydrogen-bond donors (Lipinski definition) is 2. The van der Waals surface area contributed by atoms with Crippen molar-refractivity contribution in [2.75, 3.05) is 17.3 Å². The second-order valence-corrected chi connectivity index (χ2v) is 9.28. The predicted molar refractivity (Wildman–Crippen MR) is 131 cm³/mol. The zero-order chi connectivity index (χ0) is 25.3. The van der Waals surface area contributed by atoms with Gasteiger partial charge in [0, 0.05) is 24.8 Å². The number of amides is 3. The van der Waals surface area contributed by atoms with E-state index < -0.39 is 29.0 Å². The van der Waals surface area contributed by atoms with Crippen LogP contribution in [-0.4, -0.2) is 47.1 Å². The summed E-state index contributed by atoms with van der Waals surface area (Å²) >= 11 is 0. The zero-order valence-corrected chi connectivity index (χ0v) is 20.0. The number of urea groups is 1. The average molecular weight is 484 g/mol. The molecule has 10 heteroatoms. The first kappa shape index (κ1) is 24.6. The third-order valence-electron chi connectivity index (χ3n) is 7.22. The molecule has 0 radical (unpaired) electrons. The smallest absolute Gasteiger partial charge is 0.321 e. The van der Waals surface area contributed by atoms with Crippen LogP contribution in [0.2, 0.25) is 0 Å². The van der Waals surface area contributed by atoms with Crippen LogP contribution < -0.4 is 15.5 Å². The number of likely N-dealkylation sites (N-methyl/N-ethyl adjacent to an activating group) is 1. The number of nitrogens with one attached hydrogen (secondary N) is 2. The number of anilines is 2. The van der Waals surface area contributed by atoms with Crippen LogP contribution in [0.4, 0.5) is 26.2 Å². The van der Waals surface area contributed by atoms with Gasteiger partial charge in [-0.25, -0.2) is 9.18 Å². The van der Waals surface area contributed by atoms with Crippen molar-refractivity contribution in [1.29, 1.82) is 0 Å². The second kappa shape index (κ2) is 9.99. The molecule has 4 atom stereocenters. The first-order chi connectivity index (χ1) is 16.7. The largest absolute Gasteiger partial charge is 0.321 e. The molecular formula is C25H30FN5O4. The lowest BCUT2D eigenvalue weighted by Gasteiger charge is -2.49. The van der Waals surface area contributed by atoms with Crippen molar-refractivity contribution in [3.8, 4) is 0 Å². The van der Waals surface area contributed by atoms with Crippen molar-refractivity contribution in [2.45, 2.75) is 57.8 Å². The van der Waals surface area contributed by atoms with Crippen LogP contribution in [0.5, 0.6) is 0 Å². The number of hydrogen-bond acceptors (Lipinski definition) is 5. The second-order valence-electron chi connectivity index (χ2n) is 9.28. The molecule has 0 aromatic heterocycles. The molecule has 1 saturated carbocycles. The molecule has 2 N–H and O–H groups in total. The van der Waals surface area contributed by atoms with E-state index in [4.69, 9.17) is 0 Å². The molecule has 1 aliphatic heterocycles. The van der Waals surface area contributed by atoms with Gasteiger partial charge in [0.25, 0.3) is 5.69 Å². The normalized spacial score (nSPS) is 22.8. The van der Waals surface area contributed by atoms with Crippen molar-refractivity contribution in [2.24, 2.45) is 5.92 Å². The highest BCUT2D eigenvalue weighted by atomic mass is 19.1. The molecule has 3 amide bonds. The summed E-state index contributed by atoms with van der Waals surface area (Å²) in [7, 11) is 1.62. The Morgan fingerprint density at radius 2 is 1.91 bits per heavy atom. The van der Waals surface area contributed by atoms with E-state index in [1.54, 1.807) is 37.1 Å². The first-order valence-corrected chi connectivity index (χ1v) is 11.8. The third-order valence-corrected chi connectivity index (χ3v) is 7.22. The van der Waals surface area contributed by atoms with E-state index in [0.29, 0.717) is 16.9 Å². The highest BCUT2D eigenvalue weighted by Gasteiger charge is 2.45. The number of nitro benzene ring substituents is 1. The minimum atomic E-state index is -0.533. The van der Waals surface area contributed by atoms with Crippen LogP contribution in [-0.2, 0) is 4.79 Å². The van der Waals surface area contributed by atoms with Gasteiger partial charge in [0.2, 0.25) is 5.91 Å². The zero-order valence-electron chi connectivity index (χ0n) is 20.0. The van der Waals surface area contributed by atoms with Gasteiger partial charge in [-0.2, -0.15) is 0 Å². The number of nitrogens with zero attached hydrogens (tertiary/aromatic N) is 3. The number of benzene rings is 2. The Kier molecular flexibility index (Phi) is 7.02. The molecular weight excluding hydrogens is 453 g/mol. The topological polar surface area (TPSA) is 108 Å².